The summed E-state index contributed by atoms with van der Waals surface area (Å²) in [5.41, 5.74) is 3.50. The summed E-state index contributed by atoms with van der Waals surface area (Å²) in [5.74, 6) is -3.03. The first-order chi connectivity index (χ1) is 10.0. The summed E-state index contributed by atoms with van der Waals surface area (Å²) >= 11 is 0. The predicted octanol–water partition coefficient (Wildman–Crippen LogP) is 4.77. The Hall–Kier alpha value is -1.97. The average Bonchev–Trinajstić information content (AvgIpc) is 2.91. The number of hydrogen-bond acceptors (Lipinski definition) is 1. The Morgan fingerprint density at radius 1 is 1.00 bits per heavy atom. The van der Waals surface area contributed by atoms with E-state index in [1.807, 2.05) is 13.0 Å². The fourth-order valence-electron chi connectivity index (χ4n) is 2.84. The minimum Gasteiger partial charge on any atom is -0.376 e. The molecule has 0 radical (unpaired) electrons. The predicted molar refractivity (Wildman–Crippen MR) is 76.8 cm³/mol. The van der Waals surface area contributed by atoms with Gasteiger partial charge in [-0.15, -0.1) is 0 Å². The van der Waals surface area contributed by atoms with Crippen molar-refractivity contribution in [2.24, 2.45) is 0 Å². The van der Waals surface area contributed by atoms with Gasteiger partial charge in [0.2, 0.25) is 0 Å². The van der Waals surface area contributed by atoms with E-state index in [9.17, 15) is 13.2 Å². The molecule has 0 heterocycles. The van der Waals surface area contributed by atoms with E-state index in [0.717, 1.165) is 30.9 Å². The molecule has 1 nitrogen and oxygen atoms in total. The molecule has 4 heteroatoms. The van der Waals surface area contributed by atoms with Crippen LogP contribution in [-0.2, 0) is 12.8 Å². The molecule has 21 heavy (non-hydrogen) atoms. The van der Waals surface area contributed by atoms with E-state index in [1.165, 1.54) is 11.1 Å². The molecule has 1 unspecified atom stereocenters. The Balaban J connectivity index is 1.85. The van der Waals surface area contributed by atoms with Gasteiger partial charge in [-0.1, -0.05) is 18.2 Å². The Labute approximate surface area is 121 Å². The van der Waals surface area contributed by atoms with Crippen LogP contribution in [0.2, 0.25) is 0 Å². The van der Waals surface area contributed by atoms with Crippen molar-refractivity contribution in [3.05, 3.63) is 64.5 Å². The molecule has 1 atom stereocenters. The molecule has 0 aliphatic heterocycles. The molecule has 110 valence electrons. The first-order valence-electron chi connectivity index (χ1n) is 7.07. The third-order valence-corrected chi connectivity index (χ3v) is 3.99. The molecule has 0 aromatic heterocycles. The second-order valence-electron chi connectivity index (χ2n) is 5.50. The molecular weight excluding hydrogens is 275 g/mol. The molecule has 0 fully saturated rings. The Morgan fingerprint density at radius 2 is 1.76 bits per heavy atom. The van der Waals surface area contributed by atoms with Crippen LogP contribution >= 0.6 is 0 Å². The highest BCUT2D eigenvalue weighted by Gasteiger charge is 2.16. The molecule has 2 aromatic carbocycles. The molecule has 1 aliphatic rings. The van der Waals surface area contributed by atoms with E-state index in [2.05, 4.69) is 17.4 Å². The Kier molecular flexibility index (Phi) is 3.62. The van der Waals surface area contributed by atoms with Crippen LogP contribution in [0, 0.1) is 17.5 Å². The fourth-order valence-corrected chi connectivity index (χ4v) is 2.84. The molecule has 0 bridgehead atoms. The molecule has 1 N–H and O–H groups in total. The smallest absolute Gasteiger partial charge is 0.182 e. The van der Waals surface area contributed by atoms with Crippen LogP contribution in [0.1, 0.15) is 36.1 Å². The number of fused-ring (bicyclic) bond motifs is 1. The van der Waals surface area contributed by atoms with Gasteiger partial charge < -0.3 is 5.32 Å². The standard InChI is InChI=1S/C17H16F3N/c1-10(12-6-5-11-3-2-4-13(11)7-12)21-16-9-14(18)8-15(19)17(16)20/h5-10,21H,2-4H2,1H3. The summed E-state index contributed by atoms with van der Waals surface area (Å²) in [6.07, 6.45) is 3.31. The zero-order valence-corrected chi connectivity index (χ0v) is 11.7. The van der Waals surface area contributed by atoms with Crippen molar-refractivity contribution in [3.8, 4) is 0 Å². The average molecular weight is 291 g/mol. The van der Waals surface area contributed by atoms with Crippen LogP contribution in [0.15, 0.2) is 30.3 Å². The van der Waals surface area contributed by atoms with Crippen molar-refractivity contribution in [2.45, 2.75) is 32.2 Å². The maximum Gasteiger partial charge on any atom is 0.182 e. The molecule has 0 amide bonds. The highest BCUT2D eigenvalue weighted by atomic mass is 19.2. The van der Waals surface area contributed by atoms with Gasteiger partial charge >= 0.3 is 0 Å². The molecular formula is C17H16F3N. The lowest BCUT2D eigenvalue weighted by Gasteiger charge is -2.17. The van der Waals surface area contributed by atoms with Gasteiger partial charge in [0.05, 0.1) is 5.69 Å². The van der Waals surface area contributed by atoms with E-state index >= 15 is 0 Å². The summed E-state index contributed by atoms with van der Waals surface area (Å²) in [6, 6.07) is 7.44. The van der Waals surface area contributed by atoms with E-state index in [-0.39, 0.29) is 11.7 Å². The molecule has 2 aromatic rings. The van der Waals surface area contributed by atoms with Gasteiger partial charge in [0, 0.05) is 18.2 Å². The largest absolute Gasteiger partial charge is 0.376 e. The number of benzene rings is 2. The highest BCUT2D eigenvalue weighted by molar-refractivity contribution is 5.48. The van der Waals surface area contributed by atoms with Crippen LogP contribution in [-0.4, -0.2) is 0 Å². The highest BCUT2D eigenvalue weighted by Crippen LogP contribution is 2.28. The van der Waals surface area contributed by atoms with Gasteiger partial charge in [-0.25, -0.2) is 13.2 Å². The maximum absolute atomic E-state index is 13.7. The number of rotatable bonds is 3. The van der Waals surface area contributed by atoms with Gasteiger partial charge in [0.1, 0.15) is 5.82 Å². The Bertz CT molecular complexity index is 682. The summed E-state index contributed by atoms with van der Waals surface area (Å²) in [7, 11) is 0. The van der Waals surface area contributed by atoms with Gasteiger partial charge in [0.25, 0.3) is 0 Å². The second kappa shape index (κ2) is 5.43. The molecule has 1 aliphatic carbocycles. The van der Waals surface area contributed by atoms with Crippen LogP contribution in [0.4, 0.5) is 18.9 Å². The van der Waals surface area contributed by atoms with Crippen LogP contribution in [0.5, 0.6) is 0 Å². The third-order valence-electron chi connectivity index (χ3n) is 3.99. The zero-order valence-electron chi connectivity index (χ0n) is 11.7. The second-order valence-corrected chi connectivity index (χ2v) is 5.50. The van der Waals surface area contributed by atoms with Gasteiger partial charge in [0.15, 0.2) is 11.6 Å². The topological polar surface area (TPSA) is 12.0 Å². The van der Waals surface area contributed by atoms with Crippen molar-refractivity contribution in [1.29, 1.82) is 0 Å². The zero-order chi connectivity index (χ0) is 15.0. The van der Waals surface area contributed by atoms with E-state index in [4.69, 9.17) is 0 Å². The summed E-state index contributed by atoms with van der Waals surface area (Å²) in [6.45, 7) is 1.85. The van der Waals surface area contributed by atoms with Gasteiger partial charge in [-0.05, 0) is 42.9 Å². The van der Waals surface area contributed by atoms with E-state index in [1.54, 1.807) is 0 Å². The minimum atomic E-state index is -1.18. The molecule has 0 saturated heterocycles. The lowest BCUT2D eigenvalue weighted by atomic mass is 10.0. The lowest BCUT2D eigenvalue weighted by molar-refractivity contribution is 0.496. The van der Waals surface area contributed by atoms with Crippen molar-refractivity contribution in [3.63, 3.8) is 0 Å². The van der Waals surface area contributed by atoms with Crippen LogP contribution < -0.4 is 5.32 Å². The first kappa shape index (κ1) is 14.0. The minimum absolute atomic E-state index is 0.152. The number of halogens is 3. The van der Waals surface area contributed by atoms with Crippen LogP contribution in [0.3, 0.4) is 0 Å². The number of anilines is 1. The molecule has 0 saturated carbocycles. The first-order valence-corrected chi connectivity index (χ1v) is 7.07. The summed E-state index contributed by atoms with van der Waals surface area (Å²) < 4.78 is 40.1. The summed E-state index contributed by atoms with van der Waals surface area (Å²) in [4.78, 5) is 0. The van der Waals surface area contributed by atoms with Crippen molar-refractivity contribution in [1.82, 2.24) is 0 Å². The van der Waals surface area contributed by atoms with Crippen molar-refractivity contribution >= 4 is 5.69 Å². The molecule has 3 rings (SSSR count). The van der Waals surface area contributed by atoms with Gasteiger partial charge in [-0.2, -0.15) is 0 Å². The van der Waals surface area contributed by atoms with Crippen molar-refractivity contribution in [2.75, 3.05) is 5.32 Å². The van der Waals surface area contributed by atoms with E-state index < -0.39 is 17.5 Å². The molecule has 0 spiro atoms. The summed E-state index contributed by atoms with van der Waals surface area (Å²) in [5, 5.41) is 2.84. The fraction of sp³-hybridized carbons (Fsp3) is 0.294. The maximum atomic E-state index is 13.7. The quantitative estimate of drug-likeness (QED) is 0.803. The number of nitrogens with one attached hydrogen (secondary N) is 1. The van der Waals surface area contributed by atoms with Crippen molar-refractivity contribution < 1.29 is 13.2 Å². The number of aryl methyl sites for hydroxylation is 2. The van der Waals surface area contributed by atoms with Crippen LogP contribution in [0.25, 0.3) is 0 Å². The number of hydrogen-bond donors (Lipinski definition) is 1. The normalized spacial score (nSPS) is 14.9. The van der Waals surface area contributed by atoms with E-state index in [0.29, 0.717) is 6.07 Å². The van der Waals surface area contributed by atoms with Gasteiger partial charge in [-0.3, -0.25) is 0 Å². The Morgan fingerprint density at radius 3 is 2.57 bits per heavy atom. The SMILES string of the molecule is CC(Nc1cc(F)cc(F)c1F)c1ccc2c(c1)CCC2. The lowest BCUT2D eigenvalue weighted by Crippen LogP contribution is -2.09. The third kappa shape index (κ3) is 2.75. The monoisotopic (exact) mass is 291 g/mol.